The number of likely N-dealkylation sites (tertiary alicyclic amines) is 1. The van der Waals surface area contributed by atoms with Crippen molar-refractivity contribution in [1.29, 1.82) is 0 Å². The highest BCUT2D eigenvalue weighted by Crippen LogP contribution is 2.41. The van der Waals surface area contributed by atoms with Crippen LogP contribution >= 0.6 is 11.6 Å². The van der Waals surface area contributed by atoms with Gasteiger partial charge in [-0.1, -0.05) is 30.7 Å². The number of alkyl halides is 6. The molecule has 1 aliphatic rings. The van der Waals surface area contributed by atoms with Gasteiger partial charge >= 0.3 is 18.3 Å². The molecule has 3 unspecified atom stereocenters. The molecule has 33 heavy (non-hydrogen) atoms. The third kappa shape index (κ3) is 6.00. The molecule has 3 atom stereocenters. The Bertz CT molecular complexity index is 990. The first-order valence-electron chi connectivity index (χ1n) is 10.3. The Morgan fingerprint density at radius 1 is 1.09 bits per heavy atom. The van der Waals surface area contributed by atoms with Gasteiger partial charge in [0.15, 0.2) is 0 Å². The monoisotopic (exact) mass is 493 g/mol. The van der Waals surface area contributed by atoms with Crippen molar-refractivity contribution in [3.05, 3.63) is 69.7 Å². The third-order valence-corrected chi connectivity index (χ3v) is 6.45. The second-order valence-corrected chi connectivity index (χ2v) is 8.75. The van der Waals surface area contributed by atoms with Gasteiger partial charge < -0.3 is 5.11 Å². The first kappa shape index (κ1) is 25.4. The molecule has 0 amide bonds. The quantitative estimate of drug-likeness (QED) is 0.454. The second kappa shape index (κ2) is 9.54. The number of rotatable bonds is 5. The molecule has 1 heterocycles. The highest BCUT2D eigenvalue weighted by molar-refractivity contribution is 6.30. The van der Waals surface area contributed by atoms with E-state index in [0.717, 1.165) is 24.3 Å². The maximum absolute atomic E-state index is 13.5. The van der Waals surface area contributed by atoms with Crippen LogP contribution in [0.25, 0.3) is 0 Å². The Morgan fingerprint density at radius 3 is 2.27 bits per heavy atom. The molecule has 0 aromatic heterocycles. The predicted octanol–water partition coefficient (Wildman–Crippen LogP) is 7.05. The van der Waals surface area contributed by atoms with Crippen molar-refractivity contribution in [1.82, 2.24) is 4.90 Å². The predicted molar refractivity (Wildman–Crippen MR) is 111 cm³/mol. The molecule has 0 spiro atoms. The van der Waals surface area contributed by atoms with Crippen LogP contribution < -0.4 is 0 Å². The van der Waals surface area contributed by atoms with E-state index in [4.69, 9.17) is 11.6 Å². The highest BCUT2D eigenvalue weighted by atomic mass is 35.5. The number of hydrogen-bond donors (Lipinski definition) is 1. The number of nitrogens with zero attached hydrogens (tertiary/aromatic N) is 1. The van der Waals surface area contributed by atoms with Gasteiger partial charge in [0.1, 0.15) is 0 Å². The zero-order valence-corrected chi connectivity index (χ0v) is 18.3. The van der Waals surface area contributed by atoms with Gasteiger partial charge in [0.05, 0.1) is 17.0 Å². The Labute approximate surface area is 192 Å². The summed E-state index contributed by atoms with van der Waals surface area (Å²) in [6, 6.07) is 7.21. The van der Waals surface area contributed by atoms with E-state index in [1.165, 1.54) is 18.2 Å². The van der Waals surface area contributed by atoms with Crippen LogP contribution in [0.4, 0.5) is 26.3 Å². The maximum Gasteiger partial charge on any atom is 0.416 e. The van der Waals surface area contributed by atoms with Crippen LogP contribution in [-0.2, 0) is 23.7 Å². The third-order valence-electron chi connectivity index (χ3n) is 6.22. The molecule has 2 aromatic carbocycles. The van der Waals surface area contributed by atoms with Crippen LogP contribution in [-0.4, -0.2) is 22.5 Å². The van der Waals surface area contributed by atoms with E-state index >= 15 is 0 Å². The fraction of sp³-hybridized carbons (Fsp3) is 0.435. The minimum absolute atomic E-state index is 0.0448. The SMILES string of the molecule is CC(C(=O)O)C1CCN(Cc2cc(Cl)ccc2C(F)(F)F)C(c2ccc(C(F)(F)F)cc2)C1. The second-order valence-electron chi connectivity index (χ2n) is 8.32. The summed E-state index contributed by atoms with van der Waals surface area (Å²) in [5.74, 6) is -1.96. The number of aliphatic carboxylic acids is 1. The van der Waals surface area contributed by atoms with Crippen molar-refractivity contribution in [2.75, 3.05) is 6.54 Å². The molecule has 0 saturated carbocycles. The summed E-state index contributed by atoms with van der Waals surface area (Å²) in [4.78, 5) is 13.2. The van der Waals surface area contributed by atoms with Crippen molar-refractivity contribution < 1.29 is 36.2 Å². The Balaban J connectivity index is 1.96. The van der Waals surface area contributed by atoms with Gasteiger partial charge in [-0.2, -0.15) is 26.3 Å². The smallest absolute Gasteiger partial charge is 0.416 e. The summed E-state index contributed by atoms with van der Waals surface area (Å²) < 4.78 is 79.5. The lowest BCUT2D eigenvalue weighted by molar-refractivity contribution is -0.144. The number of halogens is 7. The molecular weight excluding hydrogens is 472 g/mol. The first-order valence-corrected chi connectivity index (χ1v) is 10.6. The minimum Gasteiger partial charge on any atom is -0.481 e. The lowest BCUT2D eigenvalue weighted by Gasteiger charge is -2.41. The van der Waals surface area contributed by atoms with Gasteiger partial charge in [0, 0.05) is 17.6 Å². The summed E-state index contributed by atoms with van der Waals surface area (Å²) >= 11 is 5.94. The average Bonchev–Trinajstić information content (AvgIpc) is 2.72. The van der Waals surface area contributed by atoms with Crippen LogP contribution in [0.5, 0.6) is 0 Å². The number of carboxylic acids is 1. The lowest BCUT2D eigenvalue weighted by Crippen LogP contribution is -2.39. The van der Waals surface area contributed by atoms with E-state index in [-0.39, 0.29) is 29.6 Å². The van der Waals surface area contributed by atoms with Gasteiger partial charge in [0.25, 0.3) is 0 Å². The van der Waals surface area contributed by atoms with E-state index in [9.17, 15) is 36.2 Å². The van der Waals surface area contributed by atoms with E-state index in [1.54, 1.807) is 11.8 Å². The largest absolute Gasteiger partial charge is 0.481 e. The number of piperidine rings is 1. The normalized spacial score (nSPS) is 21.1. The van der Waals surface area contributed by atoms with Gasteiger partial charge in [-0.05, 0) is 66.8 Å². The van der Waals surface area contributed by atoms with Crippen molar-refractivity contribution in [3.63, 3.8) is 0 Å². The molecule has 0 bridgehead atoms. The van der Waals surface area contributed by atoms with Gasteiger partial charge in [-0.3, -0.25) is 9.69 Å². The fourth-order valence-electron chi connectivity index (χ4n) is 4.32. The Kier molecular flexibility index (Phi) is 7.33. The summed E-state index contributed by atoms with van der Waals surface area (Å²) in [6.45, 7) is 1.72. The zero-order valence-electron chi connectivity index (χ0n) is 17.6. The number of benzene rings is 2. The number of carboxylic acid groups (broad SMARTS) is 1. The average molecular weight is 494 g/mol. The molecule has 0 radical (unpaired) electrons. The van der Waals surface area contributed by atoms with Crippen LogP contribution in [0.2, 0.25) is 5.02 Å². The topological polar surface area (TPSA) is 40.5 Å². The number of carbonyl (C=O) groups is 1. The van der Waals surface area contributed by atoms with E-state index < -0.39 is 41.4 Å². The minimum atomic E-state index is -4.60. The van der Waals surface area contributed by atoms with Crippen molar-refractivity contribution in [2.45, 2.75) is 44.7 Å². The highest BCUT2D eigenvalue weighted by Gasteiger charge is 2.38. The molecule has 1 aliphatic heterocycles. The van der Waals surface area contributed by atoms with Crippen LogP contribution in [0, 0.1) is 11.8 Å². The van der Waals surface area contributed by atoms with Crippen molar-refractivity contribution in [3.8, 4) is 0 Å². The zero-order chi connectivity index (χ0) is 24.6. The maximum atomic E-state index is 13.5. The van der Waals surface area contributed by atoms with Crippen molar-refractivity contribution in [2.24, 2.45) is 11.8 Å². The number of hydrogen-bond acceptors (Lipinski definition) is 2. The molecule has 2 aromatic rings. The fourth-order valence-corrected chi connectivity index (χ4v) is 4.51. The van der Waals surface area contributed by atoms with Crippen LogP contribution in [0.1, 0.15) is 48.1 Å². The van der Waals surface area contributed by atoms with E-state index in [0.29, 0.717) is 18.4 Å². The summed E-state index contributed by atoms with van der Waals surface area (Å²) in [6.07, 6.45) is -8.39. The Morgan fingerprint density at radius 2 is 1.73 bits per heavy atom. The van der Waals surface area contributed by atoms with Crippen LogP contribution in [0.3, 0.4) is 0 Å². The van der Waals surface area contributed by atoms with E-state index in [2.05, 4.69) is 0 Å². The molecule has 3 nitrogen and oxygen atoms in total. The lowest BCUT2D eigenvalue weighted by atomic mass is 9.79. The molecule has 1 N–H and O–H groups in total. The molecular formula is C23H22ClF6NO2. The molecule has 0 aliphatic carbocycles. The molecule has 1 saturated heterocycles. The summed E-state index contributed by atoms with van der Waals surface area (Å²) in [5, 5.41) is 9.53. The molecule has 1 fully saturated rings. The van der Waals surface area contributed by atoms with Gasteiger partial charge in [0.2, 0.25) is 0 Å². The van der Waals surface area contributed by atoms with Crippen molar-refractivity contribution >= 4 is 17.6 Å². The molecule has 3 rings (SSSR count). The summed E-state index contributed by atoms with van der Waals surface area (Å²) in [5.41, 5.74) is -1.23. The van der Waals surface area contributed by atoms with Gasteiger partial charge in [-0.15, -0.1) is 0 Å². The first-order chi connectivity index (χ1) is 15.3. The molecule has 10 heteroatoms. The van der Waals surface area contributed by atoms with E-state index in [1.807, 2.05) is 0 Å². The standard InChI is InChI=1S/C23H22ClF6NO2/c1-13(21(32)33)15-8-9-31(12-16-10-18(24)6-7-19(16)23(28,29)30)20(11-15)14-2-4-17(5-3-14)22(25,26)27/h2-7,10,13,15,20H,8-9,11-12H2,1H3,(H,32,33). The summed E-state index contributed by atoms with van der Waals surface area (Å²) in [7, 11) is 0. The van der Waals surface area contributed by atoms with Crippen LogP contribution in [0.15, 0.2) is 42.5 Å². The van der Waals surface area contributed by atoms with Gasteiger partial charge in [-0.25, -0.2) is 0 Å². The molecule has 180 valence electrons. The Hall–Kier alpha value is -2.26.